The van der Waals surface area contributed by atoms with E-state index in [-0.39, 0.29) is 17.4 Å². The molecule has 0 saturated carbocycles. The standard InChI is InChI=1S/C12H12N4O3/c1-2-13-11-10(16(17)18)12(15-8-14-11)19-9-6-4-3-5-7-9/h3-8H,2H2,1H3,(H,13,14,15). The monoisotopic (exact) mass is 260 g/mol. The molecule has 0 atom stereocenters. The van der Waals surface area contributed by atoms with Gasteiger partial charge in [-0.3, -0.25) is 10.1 Å². The fourth-order valence-electron chi connectivity index (χ4n) is 1.50. The van der Waals surface area contributed by atoms with Crippen LogP contribution in [-0.2, 0) is 0 Å². The lowest BCUT2D eigenvalue weighted by atomic mass is 10.3. The summed E-state index contributed by atoms with van der Waals surface area (Å²) >= 11 is 0. The molecule has 0 saturated heterocycles. The summed E-state index contributed by atoms with van der Waals surface area (Å²) in [5.41, 5.74) is -0.270. The Balaban J connectivity index is 2.39. The molecule has 7 nitrogen and oxygen atoms in total. The van der Waals surface area contributed by atoms with Gasteiger partial charge in [-0.1, -0.05) is 18.2 Å². The predicted octanol–water partition coefficient (Wildman–Crippen LogP) is 2.61. The van der Waals surface area contributed by atoms with Gasteiger partial charge < -0.3 is 10.1 Å². The van der Waals surface area contributed by atoms with E-state index in [1.165, 1.54) is 6.33 Å². The van der Waals surface area contributed by atoms with Gasteiger partial charge in [-0.05, 0) is 19.1 Å². The van der Waals surface area contributed by atoms with E-state index in [9.17, 15) is 10.1 Å². The van der Waals surface area contributed by atoms with Crippen LogP contribution in [0.25, 0.3) is 0 Å². The van der Waals surface area contributed by atoms with Crippen LogP contribution in [0, 0.1) is 10.1 Å². The number of benzene rings is 1. The lowest BCUT2D eigenvalue weighted by Crippen LogP contribution is -2.06. The Labute approximate surface area is 109 Å². The van der Waals surface area contributed by atoms with E-state index >= 15 is 0 Å². The second-order valence-electron chi connectivity index (χ2n) is 3.58. The van der Waals surface area contributed by atoms with Crippen LogP contribution in [0.3, 0.4) is 0 Å². The molecule has 0 aliphatic heterocycles. The van der Waals surface area contributed by atoms with Crippen LogP contribution in [0.4, 0.5) is 11.5 Å². The minimum absolute atomic E-state index is 0.0813. The van der Waals surface area contributed by atoms with Gasteiger partial charge in [0.1, 0.15) is 12.1 Å². The van der Waals surface area contributed by atoms with Crippen molar-refractivity contribution in [3.05, 3.63) is 46.8 Å². The van der Waals surface area contributed by atoms with Gasteiger partial charge >= 0.3 is 11.6 Å². The van der Waals surface area contributed by atoms with Gasteiger partial charge in [0, 0.05) is 6.54 Å². The molecule has 1 N–H and O–H groups in total. The number of aromatic nitrogens is 2. The second-order valence-corrected chi connectivity index (χ2v) is 3.58. The second kappa shape index (κ2) is 5.76. The van der Waals surface area contributed by atoms with Crippen molar-refractivity contribution >= 4 is 11.5 Å². The molecule has 0 fully saturated rings. The van der Waals surface area contributed by atoms with E-state index in [4.69, 9.17) is 4.74 Å². The minimum atomic E-state index is -0.559. The third-order valence-corrected chi connectivity index (χ3v) is 2.27. The maximum absolute atomic E-state index is 11.1. The highest BCUT2D eigenvalue weighted by Gasteiger charge is 2.24. The van der Waals surface area contributed by atoms with Gasteiger partial charge in [0.25, 0.3) is 0 Å². The third kappa shape index (κ3) is 2.95. The highest BCUT2D eigenvalue weighted by Crippen LogP contribution is 2.33. The average Bonchev–Trinajstić information content (AvgIpc) is 2.40. The number of rotatable bonds is 5. The number of anilines is 1. The number of nitrogens with one attached hydrogen (secondary N) is 1. The van der Waals surface area contributed by atoms with Crippen LogP contribution >= 0.6 is 0 Å². The summed E-state index contributed by atoms with van der Waals surface area (Å²) in [6, 6.07) is 8.75. The van der Waals surface area contributed by atoms with Crippen LogP contribution < -0.4 is 10.1 Å². The summed E-state index contributed by atoms with van der Waals surface area (Å²) in [4.78, 5) is 18.2. The van der Waals surface area contributed by atoms with E-state index in [0.29, 0.717) is 12.3 Å². The smallest absolute Gasteiger partial charge is 0.373 e. The van der Waals surface area contributed by atoms with E-state index in [0.717, 1.165) is 0 Å². The third-order valence-electron chi connectivity index (χ3n) is 2.27. The maximum atomic E-state index is 11.1. The van der Waals surface area contributed by atoms with E-state index in [1.54, 1.807) is 24.3 Å². The lowest BCUT2D eigenvalue weighted by Gasteiger charge is -2.07. The van der Waals surface area contributed by atoms with Crippen LogP contribution in [0.15, 0.2) is 36.7 Å². The summed E-state index contributed by atoms with van der Waals surface area (Å²) in [7, 11) is 0. The fraction of sp³-hybridized carbons (Fsp3) is 0.167. The number of hydrogen-bond donors (Lipinski definition) is 1. The van der Waals surface area contributed by atoms with E-state index < -0.39 is 4.92 Å². The van der Waals surface area contributed by atoms with Crippen molar-refractivity contribution in [3.8, 4) is 11.6 Å². The Hall–Kier alpha value is -2.70. The Morgan fingerprint density at radius 1 is 1.32 bits per heavy atom. The van der Waals surface area contributed by atoms with Crippen LogP contribution in [0.5, 0.6) is 11.6 Å². The van der Waals surface area contributed by atoms with Crippen molar-refractivity contribution in [3.63, 3.8) is 0 Å². The number of nitrogens with zero attached hydrogens (tertiary/aromatic N) is 3. The molecule has 2 aromatic rings. The topological polar surface area (TPSA) is 90.2 Å². The van der Waals surface area contributed by atoms with Gasteiger partial charge in [0.2, 0.25) is 5.82 Å². The first kappa shape index (κ1) is 12.7. The van der Waals surface area contributed by atoms with Gasteiger partial charge in [0.15, 0.2) is 0 Å². The zero-order valence-corrected chi connectivity index (χ0v) is 10.2. The molecule has 7 heteroatoms. The maximum Gasteiger partial charge on any atom is 0.373 e. The van der Waals surface area contributed by atoms with Crippen molar-refractivity contribution in [1.82, 2.24) is 9.97 Å². The molecule has 0 amide bonds. The molecule has 0 spiro atoms. The highest BCUT2D eigenvalue weighted by atomic mass is 16.6. The molecule has 0 aliphatic rings. The first-order chi connectivity index (χ1) is 9.22. The highest BCUT2D eigenvalue weighted by molar-refractivity contribution is 5.61. The first-order valence-corrected chi connectivity index (χ1v) is 5.68. The normalized spacial score (nSPS) is 9.95. The van der Waals surface area contributed by atoms with Crippen molar-refractivity contribution in [1.29, 1.82) is 0 Å². The van der Waals surface area contributed by atoms with Crippen LogP contribution in [-0.4, -0.2) is 21.4 Å². The van der Waals surface area contributed by atoms with Crippen molar-refractivity contribution < 1.29 is 9.66 Å². The Kier molecular flexibility index (Phi) is 3.87. The molecule has 1 aromatic heterocycles. The van der Waals surface area contributed by atoms with Crippen LogP contribution in [0.2, 0.25) is 0 Å². The molecular formula is C12H12N4O3. The summed E-state index contributed by atoms with van der Waals surface area (Å²) in [6.07, 6.45) is 1.23. The van der Waals surface area contributed by atoms with Crippen molar-refractivity contribution in [2.24, 2.45) is 0 Å². The molecule has 0 bridgehead atoms. The zero-order valence-electron chi connectivity index (χ0n) is 10.2. The Bertz CT molecular complexity index is 574. The molecular weight excluding hydrogens is 248 g/mol. The molecule has 0 unspecified atom stereocenters. The minimum Gasteiger partial charge on any atom is -0.434 e. The summed E-state index contributed by atoms with van der Waals surface area (Å²) in [5, 5.41) is 13.9. The number of nitro groups is 1. The van der Waals surface area contributed by atoms with E-state index in [1.807, 2.05) is 13.0 Å². The summed E-state index contributed by atoms with van der Waals surface area (Å²) < 4.78 is 5.43. The zero-order chi connectivity index (χ0) is 13.7. The Morgan fingerprint density at radius 2 is 2.05 bits per heavy atom. The fourth-order valence-corrected chi connectivity index (χ4v) is 1.50. The predicted molar refractivity (Wildman–Crippen MR) is 69.4 cm³/mol. The quantitative estimate of drug-likeness (QED) is 0.656. The van der Waals surface area contributed by atoms with Gasteiger partial charge in [-0.25, -0.2) is 4.98 Å². The van der Waals surface area contributed by atoms with Gasteiger partial charge in [0.05, 0.1) is 4.92 Å². The molecule has 1 aromatic carbocycles. The number of ether oxygens (including phenoxy) is 1. The Morgan fingerprint density at radius 3 is 2.68 bits per heavy atom. The molecule has 0 radical (unpaired) electrons. The van der Waals surface area contributed by atoms with Gasteiger partial charge in [-0.15, -0.1) is 0 Å². The lowest BCUT2D eigenvalue weighted by molar-refractivity contribution is -0.385. The van der Waals surface area contributed by atoms with E-state index in [2.05, 4.69) is 15.3 Å². The molecule has 2 rings (SSSR count). The van der Waals surface area contributed by atoms with Crippen molar-refractivity contribution in [2.75, 3.05) is 11.9 Å². The first-order valence-electron chi connectivity index (χ1n) is 5.68. The SMILES string of the molecule is CCNc1ncnc(Oc2ccccc2)c1[N+](=O)[O-]. The molecule has 19 heavy (non-hydrogen) atoms. The van der Waals surface area contributed by atoms with Gasteiger partial charge in [-0.2, -0.15) is 4.98 Å². The molecule has 98 valence electrons. The summed E-state index contributed by atoms with van der Waals surface area (Å²) in [5.74, 6) is 0.544. The average molecular weight is 260 g/mol. The summed E-state index contributed by atoms with van der Waals surface area (Å²) in [6.45, 7) is 2.34. The largest absolute Gasteiger partial charge is 0.434 e. The molecule has 1 heterocycles. The molecule has 0 aliphatic carbocycles. The number of hydrogen-bond acceptors (Lipinski definition) is 6. The number of para-hydroxylation sites is 1. The van der Waals surface area contributed by atoms with Crippen LogP contribution in [0.1, 0.15) is 6.92 Å². The van der Waals surface area contributed by atoms with Crippen molar-refractivity contribution in [2.45, 2.75) is 6.92 Å².